The van der Waals surface area contributed by atoms with Crippen molar-refractivity contribution in [2.75, 3.05) is 4.90 Å². The van der Waals surface area contributed by atoms with Gasteiger partial charge < -0.3 is 9.73 Å². The molecule has 0 radical (unpaired) electrons. The molecule has 1 aromatic carbocycles. The van der Waals surface area contributed by atoms with Gasteiger partial charge in [0.1, 0.15) is 18.3 Å². The van der Waals surface area contributed by atoms with E-state index in [9.17, 15) is 9.59 Å². The molecule has 2 aromatic heterocycles. The lowest BCUT2D eigenvalue weighted by molar-refractivity contribution is -0.127. The van der Waals surface area contributed by atoms with Crippen molar-refractivity contribution in [2.45, 2.75) is 71.5 Å². The fourth-order valence-electron chi connectivity index (χ4n) is 4.29. The lowest BCUT2D eigenvalue weighted by Gasteiger charge is -2.31. The van der Waals surface area contributed by atoms with E-state index in [1.54, 1.807) is 11.0 Å². The number of aryl methyl sites for hydroxylation is 2. The average molecular weight is 451 g/mol. The Morgan fingerprint density at radius 3 is 2.67 bits per heavy atom. The van der Waals surface area contributed by atoms with Crippen molar-refractivity contribution in [3.05, 3.63) is 47.7 Å². The molecule has 174 valence electrons. The molecule has 33 heavy (non-hydrogen) atoms. The van der Waals surface area contributed by atoms with Gasteiger partial charge in [-0.25, -0.2) is 0 Å². The maximum atomic E-state index is 13.5. The Hall–Kier alpha value is -3.49. The number of furan rings is 1. The molecule has 0 aliphatic heterocycles. The van der Waals surface area contributed by atoms with Gasteiger partial charge in [-0.05, 0) is 68.2 Å². The molecule has 0 unspecified atom stereocenters. The summed E-state index contributed by atoms with van der Waals surface area (Å²) in [6.07, 6.45) is 4.70. The lowest BCUT2D eigenvalue weighted by Crippen LogP contribution is -2.52. The van der Waals surface area contributed by atoms with Crippen LogP contribution in [-0.2, 0) is 16.1 Å². The highest BCUT2D eigenvalue weighted by molar-refractivity contribution is 6.00. The van der Waals surface area contributed by atoms with Crippen molar-refractivity contribution >= 4 is 17.5 Å². The molecular weight excluding hydrogens is 420 g/mol. The number of rotatable bonds is 8. The predicted molar refractivity (Wildman–Crippen MR) is 123 cm³/mol. The van der Waals surface area contributed by atoms with Crippen molar-refractivity contribution in [3.8, 4) is 11.6 Å². The van der Waals surface area contributed by atoms with E-state index < -0.39 is 6.04 Å². The van der Waals surface area contributed by atoms with Gasteiger partial charge in [-0.15, -0.1) is 10.2 Å². The molecule has 9 nitrogen and oxygen atoms in total. The van der Waals surface area contributed by atoms with Gasteiger partial charge in [-0.2, -0.15) is 4.80 Å². The Kier molecular flexibility index (Phi) is 6.86. The SMILES string of the molecule is CC[C@H](C(=O)NC1CCCC1)N(C(=O)Cn1nnc(-c2ccc(C)o2)n1)c1cccc(C)c1. The Balaban J connectivity index is 1.58. The van der Waals surface area contributed by atoms with E-state index in [0.717, 1.165) is 37.0 Å². The van der Waals surface area contributed by atoms with Gasteiger partial charge in [-0.1, -0.05) is 31.9 Å². The fraction of sp³-hybridized carbons (Fsp3) is 0.458. The van der Waals surface area contributed by atoms with Crippen LogP contribution in [0.1, 0.15) is 50.4 Å². The summed E-state index contributed by atoms with van der Waals surface area (Å²) in [5.74, 6) is 1.13. The Morgan fingerprint density at radius 2 is 2.00 bits per heavy atom. The van der Waals surface area contributed by atoms with Crippen LogP contribution in [-0.4, -0.2) is 44.1 Å². The van der Waals surface area contributed by atoms with Crippen LogP contribution in [0, 0.1) is 13.8 Å². The van der Waals surface area contributed by atoms with E-state index in [4.69, 9.17) is 4.42 Å². The minimum absolute atomic E-state index is 0.127. The average Bonchev–Trinajstić information content (AvgIpc) is 3.54. The molecule has 0 saturated heterocycles. The van der Waals surface area contributed by atoms with Crippen LogP contribution in [0.2, 0.25) is 0 Å². The normalized spacial score (nSPS) is 14.9. The Morgan fingerprint density at radius 1 is 1.21 bits per heavy atom. The van der Waals surface area contributed by atoms with Crippen LogP contribution in [0.15, 0.2) is 40.8 Å². The second-order valence-electron chi connectivity index (χ2n) is 8.57. The van der Waals surface area contributed by atoms with E-state index in [0.29, 0.717) is 23.7 Å². The first-order valence-electron chi connectivity index (χ1n) is 11.5. The molecule has 4 rings (SSSR count). The quantitative estimate of drug-likeness (QED) is 0.564. The number of nitrogens with one attached hydrogen (secondary N) is 1. The molecule has 3 aromatic rings. The highest BCUT2D eigenvalue weighted by atomic mass is 16.3. The molecular formula is C24H30N6O3. The molecule has 2 heterocycles. The topological polar surface area (TPSA) is 106 Å². The number of nitrogens with zero attached hydrogens (tertiary/aromatic N) is 5. The third-order valence-corrected chi connectivity index (χ3v) is 5.94. The number of carbonyl (C=O) groups excluding carboxylic acids is 2. The van der Waals surface area contributed by atoms with Gasteiger partial charge in [0.25, 0.3) is 5.91 Å². The van der Waals surface area contributed by atoms with E-state index in [1.807, 2.05) is 51.1 Å². The largest absolute Gasteiger partial charge is 0.458 e. The van der Waals surface area contributed by atoms with Crippen LogP contribution in [0.3, 0.4) is 0 Å². The van der Waals surface area contributed by atoms with Crippen LogP contribution >= 0.6 is 0 Å². The molecule has 1 aliphatic carbocycles. The summed E-state index contributed by atoms with van der Waals surface area (Å²) in [7, 11) is 0. The van der Waals surface area contributed by atoms with Crippen molar-refractivity contribution < 1.29 is 14.0 Å². The maximum Gasteiger partial charge on any atom is 0.251 e. The first kappa shape index (κ1) is 22.7. The fourth-order valence-corrected chi connectivity index (χ4v) is 4.29. The van der Waals surface area contributed by atoms with Gasteiger partial charge in [0.05, 0.1) is 0 Å². The predicted octanol–water partition coefficient (Wildman–Crippen LogP) is 3.42. The number of aromatic nitrogens is 4. The first-order chi connectivity index (χ1) is 15.9. The summed E-state index contributed by atoms with van der Waals surface area (Å²) in [4.78, 5) is 29.5. The molecule has 1 fully saturated rings. The summed E-state index contributed by atoms with van der Waals surface area (Å²) in [5.41, 5.74) is 1.68. The van der Waals surface area contributed by atoms with Crippen molar-refractivity contribution in [1.29, 1.82) is 0 Å². The molecule has 1 N–H and O–H groups in total. The van der Waals surface area contributed by atoms with Crippen molar-refractivity contribution in [1.82, 2.24) is 25.5 Å². The van der Waals surface area contributed by atoms with Gasteiger partial charge in [0.15, 0.2) is 5.76 Å². The van der Waals surface area contributed by atoms with Crippen molar-refractivity contribution in [3.63, 3.8) is 0 Å². The minimum Gasteiger partial charge on any atom is -0.458 e. The van der Waals surface area contributed by atoms with E-state index in [2.05, 4.69) is 20.7 Å². The van der Waals surface area contributed by atoms with Gasteiger partial charge in [0, 0.05) is 11.7 Å². The summed E-state index contributed by atoms with van der Waals surface area (Å²) in [6.45, 7) is 5.56. The molecule has 1 atom stereocenters. The maximum absolute atomic E-state index is 13.5. The smallest absolute Gasteiger partial charge is 0.251 e. The third kappa shape index (κ3) is 5.30. The number of hydrogen-bond donors (Lipinski definition) is 1. The Labute approximate surface area is 193 Å². The van der Waals surface area contributed by atoms with E-state index in [-0.39, 0.29) is 24.4 Å². The first-order valence-corrected chi connectivity index (χ1v) is 11.5. The van der Waals surface area contributed by atoms with Crippen molar-refractivity contribution in [2.24, 2.45) is 0 Å². The zero-order valence-corrected chi connectivity index (χ0v) is 19.3. The molecule has 9 heteroatoms. The number of hydrogen-bond acceptors (Lipinski definition) is 6. The Bertz CT molecular complexity index is 1110. The van der Waals surface area contributed by atoms with Gasteiger partial charge in [0.2, 0.25) is 11.7 Å². The van der Waals surface area contributed by atoms with E-state index >= 15 is 0 Å². The van der Waals surface area contributed by atoms with Crippen LogP contribution in [0.4, 0.5) is 5.69 Å². The third-order valence-electron chi connectivity index (χ3n) is 5.94. The summed E-state index contributed by atoms with van der Waals surface area (Å²) < 4.78 is 5.54. The zero-order valence-electron chi connectivity index (χ0n) is 19.3. The molecule has 0 bridgehead atoms. The molecule has 1 aliphatic rings. The van der Waals surface area contributed by atoms with E-state index in [1.165, 1.54) is 4.80 Å². The minimum atomic E-state index is -0.629. The summed E-state index contributed by atoms with van der Waals surface area (Å²) >= 11 is 0. The van der Waals surface area contributed by atoms with Gasteiger partial charge >= 0.3 is 0 Å². The number of benzene rings is 1. The monoisotopic (exact) mass is 450 g/mol. The number of carbonyl (C=O) groups is 2. The van der Waals surface area contributed by atoms with Gasteiger partial charge in [-0.3, -0.25) is 14.5 Å². The van der Waals surface area contributed by atoms with Crippen LogP contribution < -0.4 is 10.2 Å². The molecule has 2 amide bonds. The molecule has 1 saturated carbocycles. The number of amides is 2. The highest BCUT2D eigenvalue weighted by Gasteiger charge is 2.32. The van der Waals surface area contributed by atoms with Crippen LogP contribution in [0.5, 0.6) is 0 Å². The molecule has 0 spiro atoms. The summed E-state index contributed by atoms with van der Waals surface area (Å²) in [5, 5.41) is 15.5. The second-order valence-corrected chi connectivity index (χ2v) is 8.57. The highest BCUT2D eigenvalue weighted by Crippen LogP contribution is 2.23. The number of tetrazole rings is 1. The number of anilines is 1. The lowest BCUT2D eigenvalue weighted by atomic mass is 10.1. The summed E-state index contributed by atoms with van der Waals surface area (Å²) in [6, 6.07) is 10.7. The second kappa shape index (κ2) is 9.97. The van der Waals surface area contributed by atoms with Crippen LogP contribution in [0.25, 0.3) is 11.6 Å². The zero-order chi connectivity index (χ0) is 23.4. The standard InChI is InChI=1S/C24H30N6O3/c1-4-20(24(32)25-18-9-5-6-10-18)30(19-11-7-8-16(2)14-19)22(31)15-29-27-23(26-28-29)21-13-12-17(3)33-21/h7-8,11-14,18,20H,4-6,9-10,15H2,1-3H3,(H,25,32)/t20-/m1/s1.